The fraction of sp³-hybridized carbons (Fsp3) is 0.385. The molecule has 0 radical (unpaired) electrons. The highest BCUT2D eigenvalue weighted by Crippen LogP contribution is 2.16. The zero-order valence-electron chi connectivity index (χ0n) is 9.89. The van der Waals surface area contributed by atoms with Crippen molar-refractivity contribution < 1.29 is 19.4 Å². The van der Waals surface area contributed by atoms with Crippen LogP contribution < -0.4 is 5.32 Å². The number of hydrogen-bond acceptors (Lipinski definition) is 3. The number of carbonyl (C=O) groups excluding carboxylic acids is 1. The van der Waals surface area contributed by atoms with Crippen LogP contribution in [0.4, 0.5) is 5.69 Å². The van der Waals surface area contributed by atoms with Crippen LogP contribution in [-0.4, -0.2) is 29.7 Å². The van der Waals surface area contributed by atoms with Gasteiger partial charge in [0, 0.05) is 12.3 Å². The SMILES string of the molecule is O=C(CC1CCCO1)Nc1ccc(C(=O)O)cc1. The molecule has 1 aliphatic rings. The molecule has 1 heterocycles. The lowest BCUT2D eigenvalue weighted by Crippen LogP contribution is -2.19. The molecule has 1 amide bonds. The summed E-state index contributed by atoms with van der Waals surface area (Å²) in [6, 6.07) is 6.09. The molecule has 0 spiro atoms. The first kappa shape index (κ1) is 12.6. The topological polar surface area (TPSA) is 75.6 Å². The van der Waals surface area contributed by atoms with Crippen LogP contribution in [0.5, 0.6) is 0 Å². The third kappa shape index (κ3) is 3.30. The number of rotatable bonds is 4. The fourth-order valence-electron chi connectivity index (χ4n) is 1.92. The molecule has 2 N–H and O–H groups in total. The second kappa shape index (κ2) is 5.64. The van der Waals surface area contributed by atoms with Crippen molar-refractivity contribution in [3.63, 3.8) is 0 Å². The van der Waals surface area contributed by atoms with E-state index in [1.165, 1.54) is 12.1 Å². The number of anilines is 1. The van der Waals surface area contributed by atoms with E-state index in [0.29, 0.717) is 12.1 Å². The van der Waals surface area contributed by atoms with E-state index in [-0.39, 0.29) is 17.6 Å². The van der Waals surface area contributed by atoms with E-state index in [1.807, 2.05) is 0 Å². The maximum Gasteiger partial charge on any atom is 0.335 e. The van der Waals surface area contributed by atoms with Gasteiger partial charge in [0.15, 0.2) is 0 Å². The minimum absolute atomic E-state index is 0.0169. The average Bonchev–Trinajstić information content (AvgIpc) is 2.82. The highest BCUT2D eigenvalue weighted by atomic mass is 16.5. The molecule has 1 fully saturated rings. The van der Waals surface area contributed by atoms with Crippen molar-refractivity contribution in [3.8, 4) is 0 Å². The predicted molar refractivity (Wildman–Crippen MR) is 65.6 cm³/mol. The second-order valence-electron chi connectivity index (χ2n) is 4.27. The quantitative estimate of drug-likeness (QED) is 0.854. The van der Waals surface area contributed by atoms with E-state index in [9.17, 15) is 9.59 Å². The summed E-state index contributed by atoms with van der Waals surface area (Å²) in [6.45, 7) is 0.727. The lowest BCUT2D eigenvalue weighted by molar-refractivity contribution is -0.118. The molecule has 0 bridgehead atoms. The molecule has 0 aromatic heterocycles. The van der Waals surface area contributed by atoms with Gasteiger partial charge in [0.05, 0.1) is 18.1 Å². The Morgan fingerprint density at radius 2 is 2.06 bits per heavy atom. The molecule has 96 valence electrons. The van der Waals surface area contributed by atoms with Crippen molar-refractivity contribution in [2.45, 2.75) is 25.4 Å². The van der Waals surface area contributed by atoms with Crippen molar-refractivity contribution in [1.29, 1.82) is 0 Å². The van der Waals surface area contributed by atoms with Gasteiger partial charge in [0.25, 0.3) is 0 Å². The third-order valence-corrected chi connectivity index (χ3v) is 2.85. The van der Waals surface area contributed by atoms with E-state index < -0.39 is 5.97 Å². The van der Waals surface area contributed by atoms with Crippen molar-refractivity contribution >= 4 is 17.6 Å². The smallest absolute Gasteiger partial charge is 0.335 e. The van der Waals surface area contributed by atoms with Crippen molar-refractivity contribution in [2.75, 3.05) is 11.9 Å². The first-order valence-corrected chi connectivity index (χ1v) is 5.90. The summed E-state index contributed by atoms with van der Waals surface area (Å²) in [5, 5.41) is 11.5. The highest BCUT2D eigenvalue weighted by Gasteiger charge is 2.19. The number of benzene rings is 1. The van der Waals surface area contributed by atoms with Gasteiger partial charge in [-0.15, -0.1) is 0 Å². The summed E-state index contributed by atoms with van der Waals surface area (Å²) in [5.41, 5.74) is 0.801. The van der Waals surface area contributed by atoms with Crippen molar-refractivity contribution in [2.24, 2.45) is 0 Å². The molecule has 1 aromatic rings. The Kier molecular flexibility index (Phi) is 3.94. The van der Waals surface area contributed by atoms with Crippen LogP contribution in [0.25, 0.3) is 0 Å². The van der Waals surface area contributed by atoms with Crippen LogP contribution in [0, 0.1) is 0 Å². The minimum Gasteiger partial charge on any atom is -0.478 e. The lowest BCUT2D eigenvalue weighted by Gasteiger charge is -2.09. The maximum atomic E-state index is 11.7. The highest BCUT2D eigenvalue weighted by molar-refractivity contribution is 5.92. The van der Waals surface area contributed by atoms with Gasteiger partial charge in [-0.25, -0.2) is 4.79 Å². The Balaban J connectivity index is 1.88. The second-order valence-corrected chi connectivity index (χ2v) is 4.27. The third-order valence-electron chi connectivity index (χ3n) is 2.85. The normalized spacial score (nSPS) is 18.6. The van der Waals surface area contributed by atoms with E-state index in [2.05, 4.69) is 5.32 Å². The van der Waals surface area contributed by atoms with Gasteiger partial charge in [-0.3, -0.25) is 4.79 Å². The summed E-state index contributed by atoms with van der Waals surface area (Å²) < 4.78 is 5.37. The van der Waals surface area contributed by atoms with Gasteiger partial charge in [0.2, 0.25) is 5.91 Å². The first-order chi connectivity index (χ1) is 8.65. The fourth-order valence-corrected chi connectivity index (χ4v) is 1.92. The molecule has 0 saturated carbocycles. The molecule has 5 heteroatoms. The van der Waals surface area contributed by atoms with Gasteiger partial charge in [-0.2, -0.15) is 0 Å². The summed E-state index contributed by atoms with van der Waals surface area (Å²) in [7, 11) is 0. The van der Waals surface area contributed by atoms with Gasteiger partial charge < -0.3 is 15.2 Å². The molecular formula is C13H15NO4. The summed E-state index contributed by atoms with van der Waals surface area (Å²) in [6.07, 6.45) is 2.29. The molecule has 1 unspecified atom stereocenters. The number of aromatic carboxylic acids is 1. The van der Waals surface area contributed by atoms with Crippen LogP contribution in [0.1, 0.15) is 29.6 Å². The summed E-state index contributed by atoms with van der Waals surface area (Å²) >= 11 is 0. The van der Waals surface area contributed by atoms with Crippen LogP contribution in [-0.2, 0) is 9.53 Å². The zero-order valence-corrected chi connectivity index (χ0v) is 9.89. The molecule has 1 saturated heterocycles. The minimum atomic E-state index is -0.979. The molecule has 0 aliphatic carbocycles. The monoisotopic (exact) mass is 249 g/mol. The van der Waals surface area contributed by atoms with Gasteiger partial charge in [-0.05, 0) is 37.1 Å². The number of carboxylic acid groups (broad SMARTS) is 1. The number of ether oxygens (including phenoxy) is 1. The average molecular weight is 249 g/mol. The Bertz CT molecular complexity index is 435. The largest absolute Gasteiger partial charge is 0.478 e. The Labute approximate surface area is 105 Å². The Hall–Kier alpha value is -1.88. The van der Waals surface area contributed by atoms with Crippen LogP contribution in [0.2, 0.25) is 0 Å². The Morgan fingerprint density at radius 3 is 2.61 bits per heavy atom. The number of carboxylic acids is 1. The Morgan fingerprint density at radius 1 is 1.33 bits per heavy atom. The molecule has 2 rings (SSSR count). The van der Waals surface area contributed by atoms with Gasteiger partial charge in [-0.1, -0.05) is 0 Å². The van der Waals surface area contributed by atoms with E-state index in [1.54, 1.807) is 12.1 Å². The molecular weight excluding hydrogens is 234 g/mol. The number of amides is 1. The van der Waals surface area contributed by atoms with E-state index in [4.69, 9.17) is 9.84 Å². The summed E-state index contributed by atoms with van der Waals surface area (Å²) in [4.78, 5) is 22.3. The molecule has 1 atom stereocenters. The van der Waals surface area contributed by atoms with E-state index >= 15 is 0 Å². The number of nitrogens with one attached hydrogen (secondary N) is 1. The molecule has 1 aliphatic heterocycles. The molecule has 5 nitrogen and oxygen atoms in total. The standard InChI is InChI=1S/C13H15NO4/c15-12(8-11-2-1-7-18-11)14-10-5-3-9(4-6-10)13(16)17/h3-6,11H,1-2,7-8H2,(H,14,15)(H,16,17). The van der Waals surface area contributed by atoms with E-state index in [0.717, 1.165) is 19.4 Å². The van der Waals surface area contributed by atoms with Crippen LogP contribution >= 0.6 is 0 Å². The zero-order chi connectivity index (χ0) is 13.0. The number of hydrogen-bond donors (Lipinski definition) is 2. The van der Waals surface area contributed by atoms with Crippen LogP contribution in [0.3, 0.4) is 0 Å². The molecule has 1 aromatic carbocycles. The van der Waals surface area contributed by atoms with Crippen molar-refractivity contribution in [1.82, 2.24) is 0 Å². The summed E-state index contributed by atoms with van der Waals surface area (Å²) in [5.74, 6) is -1.09. The lowest BCUT2D eigenvalue weighted by atomic mass is 10.1. The predicted octanol–water partition coefficient (Wildman–Crippen LogP) is 1.89. The first-order valence-electron chi connectivity index (χ1n) is 5.90. The number of carbonyl (C=O) groups is 2. The van der Waals surface area contributed by atoms with Gasteiger partial charge in [0.1, 0.15) is 0 Å². The van der Waals surface area contributed by atoms with Crippen molar-refractivity contribution in [3.05, 3.63) is 29.8 Å². The van der Waals surface area contributed by atoms with Crippen LogP contribution in [0.15, 0.2) is 24.3 Å². The van der Waals surface area contributed by atoms with Gasteiger partial charge >= 0.3 is 5.97 Å². The molecule has 18 heavy (non-hydrogen) atoms. The maximum absolute atomic E-state index is 11.7.